The lowest BCUT2D eigenvalue weighted by atomic mass is 9.88. The van der Waals surface area contributed by atoms with Crippen LogP contribution < -0.4 is 10.2 Å². The molecule has 1 aliphatic heterocycles. The van der Waals surface area contributed by atoms with E-state index in [-0.39, 0.29) is 5.82 Å². The zero-order valence-electron chi connectivity index (χ0n) is 17.8. The highest BCUT2D eigenvalue weighted by Gasteiger charge is 2.39. The second kappa shape index (κ2) is 8.13. The molecular weight excluding hydrogens is 403 g/mol. The maximum Gasteiger partial charge on any atom is 0.150 e. The van der Waals surface area contributed by atoms with E-state index in [1.54, 1.807) is 12.1 Å². The summed E-state index contributed by atoms with van der Waals surface area (Å²) in [5.41, 5.74) is 3.48. The highest BCUT2D eigenvalue weighted by Crippen LogP contribution is 2.38. The SMILES string of the molecule is CC1(c2nnc(-c3ccccc3)c3cc(F)ccc23)CNCCN1c1ccc(C=O)cc1. The van der Waals surface area contributed by atoms with Gasteiger partial charge in [-0.2, -0.15) is 5.10 Å². The number of carbonyl (C=O) groups excluding carboxylic acids is 1. The van der Waals surface area contributed by atoms with E-state index in [0.717, 1.165) is 47.1 Å². The van der Waals surface area contributed by atoms with Gasteiger partial charge in [0.15, 0.2) is 0 Å². The highest BCUT2D eigenvalue weighted by molar-refractivity contribution is 5.96. The molecule has 0 spiro atoms. The minimum absolute atomic E-state index is 0.304. The van der Waals surface area contributed by atoms with Crippen LogP contribution in [0.5, 0.6) is 0 Å². The maximum atomic E-state index is 14.3. The number of aromatic nitrogens is 2. The molecule has 0 amide bonds. The fourth-order valence-corrected chi connectivity index (χ4v) is 4.56. The molecule has 1 saturated heterocycles. The number of fused-ring (bicyclic) bond motifs is 1. The molecule has 0 radical (unpaired) electrons. The number of piperazine rings is 1. The van der Waals surface area contributed by atoms with Gasteiger partial charge < -0.3 is 10.2 Å². The minimum atomic E-state index is -0.515. The van der Waals surface area contributed by atoms with Crippen molar-refractivity contribution in [2.45, 2.75) is 12.5 Å². The zero-order chi connectivity index (χ0) is 22.1. The van der Waals surface area contributed by atoms with E-state index in [2.05, 4.69) is 22.2 Å². The maximum absolute atomic E-state index is 14.3. The Bertz CT molecular complexity index is 1280. The average Bonchev–Trinajstić information content (AvgIpc) is 2.84. The number of carbonyl (C=O) groups is 1. The van der Waals surface area contributed by atoms with Gasteiger partial charge in [-0.1, -0.05) is 30.3 Å². The van der Waals surface area contributed by atoms with E-state index < -0.39 is 5.54 Å². The monoisotopic (exact) mass is 426 g/mol. The van der Waals surface area contributed by atoms with Gasteiger partial charge in [-0.25, -0.2) is 4.39 Å². The summed E-state index contributed by atoms with van der Waals surface area (Å²) in [7, 11) is 0. The van der Waals surface area contributed by atoms with E-state index >= 15 is 0 Å². The lowest BCUT2D eigenvalue weighted by Gasteiger charge is -2.46. The fraction of sp³-hybridized carbons (Fsp3) is 0.192. The topological polar surface area (TPSA) is 58.1 Å². The van der Waals surface area contributed by atoms with Crippen LogP contribution in [0.3, 0.4) is 0 Å². The summed E-state index contributed by atoms with van der Waals surface area (Å²) >= 11 is 0. The molecule has 1 aromatic heterocycles. The highest BCUT2D eigenvalue weighted by atomic mass is 19.1. The molecular formula is C26H23FN4O. The van der Waals surface area contributed by atoms with Crippen molar-refractivity contribution in [3.63, 3.8) is 0 Å². The predicted molar refractivity (Wildman–Crippen MR) is 124 cm³/mol. The van der Waals surface area contributed by atoms with Crippen molar-refractivity contribution in [3.8, 4) is 11.3 Å². The van der Waals surface area contributed by atoms with Crippen molar-refractivity contribution < 1.29 is 9.18 Å². The van der Waals surface area contributed by atoms with Gasteiger partial charge in [-0.05, 0) is 49.4 Å². The summed E-state index contributed by atoms with van der Waals surface area (Å²) in [5.74, 6) is -0.304. The van der Waals surface area contributed by atoms with Gasteiger partial charge in [0.1, 0.15) is 17.8 Å². The molecule has 4 aromatic rings. The van der Waals surface area contributed by atoms with Crippen LogP contribution in [0.1, 0.15) is 23.0 Å². The summed E-state index contributed by atoms with van der Waals surface area (Å²) in [4.78, 5) is 13.4. The summed E-state index contributed by atoms with van der Waals surface area (Å²) < 4.78 is 14.3. The third-order valence-corrected chi connectivity index (χ3v) is 6.22. The lowest BCUT2D eigenvalue weighted by molar-refractivity contribution is 0.112. The van der Waals surface area contributed by atoms with Gasteiger partial charge in [-0.15, -0.1) is 5.10 Å². The molecule has 1 fully saturated rings. The Morgan fingerprint density at radius 3 is 2.53 bits per heavy atom. The molecule has 3 aromatic carbocycles. The smallest absolute Gasteiger partial charge is 0.150 e. The number of anilines is 1. The first kappa shape index (κ1) is 20.3. The minimum Gasteiger partial charge on any atom is -0.358 e. The summed E-state index contributed by atoms with van der Waals surface area (Å²) in [6.07, 6.45) is 0.844. The number of nitrogens with one attached hydrogen (secondary N) is 1. The van der Waals surface area contributed by atoms with Gasteiger partial charge in [0, 0.05) is 47.2 Å². The molecule has 6 heteroatoms. The Hall–Kier alpha value is -3.64. The molecule has 160 valence electrons. The van der Waals surface area contributed by atoms with Crippen LogP contribution in [0.25, 0.3) is 22.0 Å². The Kier molecular flexibility index (Phi) is 5.15. The van der Waals surface area contributed by atoms with E-state index in [1.165, 1.54) is 6.07 Å². The molecule has 2 heterocycles. The summed E-state index contributed by atoms with van der Waals surface area (Å²) in [6, 6.07) is 22.1. The molecule has 1 N–H and O–H groups in total. The Morgan fingerprint density at radius 2 is 1.78 bits per heavy atom. The molecule has 5 nitrogen and oxygen atoms in total. The van der Waals surface area contributed by atoms with Crippen LogP contribution in [-0.2, 0) is 5.54 Å². The average molecular weight is 426 g/mol. The molecule has 0 bridgehead atoms. The van der Waals surface area contributed by atoms with Gasteiger partial charge in [0.05, 0.1) is 11.2 Å². The molecule has 32 heavy (non-hydrogen) atoms. The number of halogens is 1. The van der Waals surface area contributed by atoms with Crippen LogP contribution in [0, 0.1) is 5.82 Å². The molecule has 1 atom stereocenters. The third-order valence-electron chi connectivity index (χ3n) is 6.22. The first-order chi connectivity index (χ1) is 15.6. The van der Waals surface area contributed by atoms with Crippen molar-refractivity contribution in [2.75, 3.05) is 24.5 Å². The first-order valence-electron chi connectivity index (χ1n) is 10.7. The van der Waals surface area contributed by atoms with Crippen LogP contribution in [0.15, 0.2) is 72.8 Å². The number of rotatable bonds is 4. The number of hydrogen-bond donors (Lipinski definition) is 1. The molecule has 1 aliphatic rings. The second-order valence-corrected chi connectivity index (χ2v) is 8.26. The quantitative estimate of drug-likeness (QED) is 0.485. The second-order valence-electron chi connectivity index (χ2n) is 8.26. The predicted octanol–water partition coefficient (Wildman–Crippen LogP) is 4.57. The van der Waals surface area contributed by atoms with Gasteiger partial charge in [0.2, 0.25) is 0 Å². The van der Waals surface area contributed by atoms with E-state index in [1.807, 2.05) is 54.6 Å². The van der Waals surface area contributed by atoms with Gasteiger partial charge in [0.25, 0.3) is 0 Å². The van der Waals surface area contributed by atoms with E-state index in [0.29, 0.717) is 17.8 Å². The normalized spacial score (nSPS) is 18.6. The standard InChI is InChI=1S/C26H23FN4O/c1-26(17-28-13-14-31(26)21-10-7-18(16-32)8-11-21)25-22-12-9-20(27)15-23(22)24(29-30-25)19-5-3-2-4-6-19/h2-12,15-16,28H,13-14,17H2,1H3. The Labute approximate surface area is 185 Å². The van der Waals surface area contributed by atoms with Crippen molar-refractivity contribution in [2.24, 2.45) is 0 Å². The molecule has 1 unspecified atom stereocenters. The van der Waals surface area contributed by atoms with Crippen molar-refractivity contribution in [1.29, 1.82) is 0 Å². The van der Waals surface area contributed by atoms with Crippen LogP contribution in [-0.4, -0.2) is 36.1 Å². The Balaban J connectivity index is 1.69. The molecule has 5 rings (SSSR count). The number of nitrogens with zero attached hydrogens (tertiary/aromatic N) is 3. The fourth-order valence-electron chi connectivity index (χ4n) is 4.56. The summed E-state index contributed by atoms with van der Waals surface area (Å²) in [5, 5.41) is 14.4. The lowest BCUT2D eigenvalue weighted by Crippen LogP contribution is -2.58. The number of aldehydes is 1. The van der Waals surface area contributed by atoms with Gasteiger partial charge >= 0.3 is 0 Å². The largest absolute Gasteiger partial charge is 0.358 e. The Morgan fingerprint density at radius 1 is 1.00 bits per heavy atom. The zero-order valence-corrected chi connectivity index (χ0v) is 17.8. The van der Waals surface area contributed by atoms with Crippen molar-refractivity contribution in [1.82, 2.24) is 15.5 Å². The first-order valence-corrected chi connectivity index (χ1v) is 10.7. The van der Waals surface area contributed by atoms with Crippen molar-refractivity contribution >= 4 is 22.7 Å². The third kappa shape index (κ3) is 3.42. The number of benzene rings is 3. The molecule has 0 saturated carbocycles. The van der Waals surface area contributed by atoms with Crippen LogP contribution in [0.4, 0.5) is 10.1 Å². The number of hydrogen-bond acceptors (Lipinski definition) is 5. The van der Waals surface area contributed by atoms with E-state index in [4.69, 9.17) is 5.10 Å². The summed E-state index contributed by atoms with van der Waals surface area (Å²) in [6.45, 7) is 4.38. The van der Waals surface area contributed by atoms with E-state index in [9.17, 15) is 9.18 Å². The van der Waals surface area contributed by atoms with Crippen LogP contribution in [0.2, 0.25) is 0 Å². The molecule has 0 aliphatic carbocycles. The van der Waals surface area contributed by atoms with Crippen molar-refractivity contribution in [3.05, 3.63) is 89.9 Å². The van der Waals surface area contributed by atoms with Crippen LogP contribution >= 0.6 is 0 Å². The van der Waals surface area contributed by atoms with Gasteiger partial charge in [-0.3, -0.25) is 4.79 Å².